The molecular weight excluding hydrogens is 263 g/mol. The molecule has 0 aliphatic heterocycles. The quantitative estimate of drug-likeness (QED) is 0.846. The fourth-order valence-electron chi connectivity index (χ4n) is 1.73. The van der Waals surface area contributed by atoms with Gasteiger partial charge < -0.3 is 10.6 Å². The Hall–Kier alpha value is -1.95. The molecule has 0 saturated heterocycles. The zero-order valence-corrected chi connectivity index (χ0v) is 11.6. The maximum Gasteiger partial charge on any atom is 0.175 e. The van der Waals surface area contributed by atoms with E-state index in [1.54, 1.807) is 24.4 Å². The third kappa shape index (κ3) is 3.08. The number of benzene rings is 1. The van der Waals surface area contributed by atoms with Gasteiger partial charge in [-0.25, -0.2) is 4.39 Å². The van der Waals surface area contributed by atoms with Crippen LogP contribution in [-0.2, 0) is 6.54 Å². The van der Waals surface area contributed by atoms with Crippen LogP contribution in [0.4, 0.5) is 15.8 Å². The molecule has 4 nitrogen and oxygen atoms in total. The predicted octanol–water partition coefficient (Wildman–Crippen LogP) is 3.16. The molecular formula is C13H15FN4S. The molecule has 0 aliphatic carbocycles. The van der Waals surface area contributed by atoms with E-state index in [0.717, 1.165) is 17.9 Å². The van der Waals surface area contributed by atoms with Crippen LogP contribution in [-0.4, -0.2) is 14.9 Å². The first kappa shape index (κ1) is 13.5. The second-order valence-electron chi connectivity index (χ2n) is 4.02. The highest BCUT2D eigenvalue weighted by atomic mass is 32.1. The zero-order valence-electron chi connectivity index (χ0n) is 10.8. The highest BCUT2D eigenvalue weighted by molar-refractivity contribution is 7.80. The Balaban J connectivity index is 2.06. The lowest BCUT2D eigenvalue weighted by atomic mass is 10.3. The molecule has 6 heteroatoms. The number of hydrogen-bond donors (Lipinski definition) is 2. The molecule has 0 atom stereocenters. The third-order valence-corrected chi connectivity index (χ3v) is 2.98. The fourth-order valence-corrected chi connectivity index (χ4v) is 1.95. The number of halogens is 1. The first-order valence-corrected chi connectivity index (χ1v) is 6.37. The summed E-state index contributed by atoms with van der Waals surface area (Å²) in [6, 6.07) is 6.39. The van der Waals surface area contributed by atoms with Gasteiger partial charge in [0.2, 0.25) is 0 Å². The Bertz CT molecular complexity index is 594. The molecule has 0 bridgehead atoms. The van der Waals surface area contributed by atoms with E-state index >= 15 is 0 Å². The standard InChI is InChI=1S/C13H15FN4S/c1-3-18-9(2)12(8-15-18)17-13(19)16-11-7-5-4-6-10(11)14/h4-8H,3H2,1-2H3,(H2,16,17,19). The molecule has 0 unspecified atom stereocenters. The van der Waals surface area contributed by atoms with Crippen LogP contribution in [0.15, 0.2) is 30.5 Å². The summed E-state index contributed by atoms with van der Waals surface area (Å²) in [5.41, 5.74) is 2.15. The highest BCUT2D eigenvalue weighted by Gasteiger charge is 2.08. The highest BCUT2D eigenvalue weighted by Crippen LogP contribution is 2.16. The van der Waals surface area contributed by atoms with E-state index in [1.165, 1.54) is 6.07 Å². The first-order chi connectivity index (χ1) is 9.11. The van der Waals surface area contributed by atoms with Crippen LogP contribution in [0.2, 0.25) is 0 Å². The van der Waals surface area contributed by atoms with Gasteiger partial charge in [-0.05, 0) is 38.2 Å². The van der Waals surface area contributed by atoms with E-state index in [-0.39, 0.29) is 5.82 Å². The number of rotatable bonds is 3. The van der Waals surface area contributed by atoms with Crippen molar-refractivity contribution >= 4 is 28.7 Å². The Morgan fingerprint density at radius 2 is 2.00 bits per heavy atom. The fraction of sp³-hybridized carbons (Fsp3) is 0.231. The van der Waals surface area contributed by atoms with Gasteiger partial charge in [0.1, 0.15) is 5.82 Å². The number of thiocarbonyl (C=S) groups is 1. The van der Waals surface area contributed by atoms with Crippen molar-refractivity contribution in [3.63, 3.8) is 0 Å². The number of hydrogen-bond acceptors (Lipinski definition) is 2. The smallest absolute Gasteiger partial charge is 0.175 e. The monoisotopic (exact) mass is 278 g/mol. The van der Waals surface area contributed by atoms with E-state index in [4.69, 9.17) is 12.2 Å². The van der Waals surface area contributed by atoms with Crippen molar-refractivity contribution in [2.24, 2.45) is 0 Å². The molecule has 0 aliphatic rings. The van der Waals surface area contributed by atoms with Crippen LogP contribution in [0.3, 0.4) is 0 Å². The normalized spacial score (nSPS) is 10.3. The second-order valence-corrected chi connectivity index (χ2v) is 4.43. The summed E-state index contributed by atoms with van der Waals surface area (Å²) in [5, 5.41) is 10.4. The second kappa shape index (κ2) is 5.79. The van der Waals surface area contributed by atoms with Crippen molar-refractivity contribution in [3.05, 3.63) is 42.0 Å². The van der Waals surface area contributed by atoms with Crippen molar-refractivity contribution in [2.45, 2.75) is 20.4 Å². The van der Waals surface area contributed by atoms with Crippen LogP contribution in [0, 0.1) is 12.7 Å². The average molecular weight is 278 g/mol. The van der Waals surface area contributed by atoms with Gasteiger partial charge in [-0.1, -0.05) is 12.1 Å². The number of aryl methyl sites for hydroxylation is 1. The molecule has 1 heterocycles. The van der Waals surface area contributed by atoms with Crippen molar-refractivity contribution in [1.82, 2.24) is 9.78 Å². The molecule has 0 radical (unpaired) electrons. The summed E-state index contributed by atoms with van der Waals surface area (Å²) in [6.45, 7) is 4.76. The van der Waals surface area contributed by atoms with Crippen molar-refractivity contribution in [1.29, 1.82) is 0 Å². The van der Waals surface area contributed by atoms with E-state index in [9.17, 15) is 4.39 Å². The summed E-state index contributed by atoms with van der Waals surface area (Å²) >= 11 is 5.16. The zero-order chi connectivity index (χ0) is 13.8. The molecule has 0 spiro atoms. The molecule has 2 aromatic rings. The lowest BCUT2D eigenvalue weighted by Crippen LogP contribution is -2.20. The van der Waals surface area contributed by atoms with Crippen molar-refractivity contribution in [3.8, 4) is 0 Å². The lowest BCUT2D eigenvalue weighted by Gasteiger charge is -2.10. The largest absolute Gasteiger partial charge is 0.330 e. The summed E-state index contributed by atoms with van der Waals surface area (Å²) in [7, 11) is 0. The SMILES string of the molecule is CCn1ncc(NC(=S)Nc2ccccc2F)c1C. The number of para-hydroxylation sites is 1. The Labute approximate surface area is 116 Å². The number of nitrogens with zero attached hydrogens (tertiary/aromatic N) is 2. The van der Waals surface area contributed by atoms with Gasteiger partial charge in [-0.3, -0.25) is 4.68 Å². The van der Waals surface area contributed by atoms with E-state index < -0.39 is 0 Å². The van der Waals surface area contributed by atoms with Crippen molar-refractivity contribution < 1.29 is 4.39 Å². The van der Waals surface area contributed by atoms with E-state index in [0.29, 0.717) is 10.8 Å². The summed E-state index contributed by atoms with van der Waals surface area (Å²) in [4.78, 5) is 0. The van der Waals surface area contributed by atoms with Crippen LogP contribution in [0.25, 0.3) is 0 Å². The Kier molecular flexibility index (Phi) is 4.11. The molecule has 0 fully saturated rings. The molecule has 0 amide bonds. The van der Waals surface area contributed by atoms with Gasteiger partial charge in [-0.15, -0.1) is 0 Å². The van der Waals surface area contributed by atoms with Crippen LogP contribution < -0.4 is 10.6 Å². The van der Waals surface area contributed by atoms with Gasteiger partial charge in [-0.2, -0.15) is 5.10 Å². The topological polar surface area (TPSA) is 41.9 Å². The summed E-state index contributed by atoms with van der Waals surface area (Å²) in [5.74, 6) is -0.340. The third-order valence-electron chi connectivity index (χ3n) is 2.77. The maximum absolute atomic E-state index is 13.5. The minimum absolute atomic E-state index is 0.337. The maximum atomic E-state index is 13.5. The molecule has 19 heavy (non-hydrogen) atoms. The Morgan fingerprint density at radius 3 is 2.63 bits per heavy atom. The summed E-state index contributed by atoms with van der Waals surface area (Å²) in [6.07, 6.45) is 1.70. The molecule has 100 valence electrons. The predicted molar refractivity (Wildman–Crippen MR) is 78.9 cm³/mol. The summed E-state index contributed by atoms with van der Waals surface area (Å²) < 4.78 is 15.3. The van der Waals surface area contributed by atoms with Gasteiger partial charge in [0.05, 0.1) is 23.3 Å². The lowest BCUT2D eigenvalue weighted by molar-refractivity contribution is 0.632. The average Bonchev–Trinajstić information content (AvgIpc) is 2.73. The number of anilines is 2. The van der Waals surface area contributed by atoms with Crippen molar-refractivity contribution in [2.75, 3.05) is 10.6 Å². The van der Waals surface area contributed by atoms with Gasteiger partial charge >= 0.3 is 0 Å². The van der Waals surface area contributed by atoms with Crippen LogP contribution >= 0.6 is 12.2 Å². The van der Waals surface area contributed by atoms with E-state index in [2.05, 4.69) is 15.7 Å². The molecule has 2 N–H and O–H groups in total. The minimum Gasteiger partial charge on any atom is -0.330 e. The minimum atomic E-state index is -0.340. The Morgan fingerprint density at radius 1 is 1.32 bits per heavy atom. The molecule has 0 saturated carbocycles. The van der Waals surface area contributed by atoms with Crippen LogP contribution in [0.1, 0.15) is 12.6 Å². The number of aromatic nitrogens is 2. The molecule has 2 rings (SSSR count). The number of nitrogens with one attached hydrogen (secondary N) is 2. The van der Waals surface area contributed by atoms with Gasteiger partial charge in [0.25, 0.3) is 0 Å². The van der Waals surface area contributed by atoms with Crippen LogP contribution in [0.5, 0.6) is 0 Å². The first-order valence-electron chi connectivity index (χ1n) is 5.96. The van der Waals surface area contributed by atoms with E-state index in [1.807, 2.05) is 18.5 Å². The van der Waals surface area contributed by atoms with Gasteiger partial charge in [0.15, 0.2) is 5.11 Å². The molecule has 1 aromatic heterocycles. The van der Waals surface area contributed by atoms with Gasteiger partial charge in [0, 0.05) is 6.54 Å². The molecule has 1 aromatic carbocycles.